The average Bonchev–Trinajstić information content (AvgIpc) is 2.59. The molecule has 0 atom stereocenters. The predicted octanol–water partition coefficient (Wildman–Crippen LogP) is 1.71. The number of halogens is 2. The van der Waals surface area contributed by atoms with Crippen molar-refractivity contribution in [2.24, 2.45) is 0 Å². The highest BCUT2D eigenvalue weighted by molar-refractivity contribution is 5.87. The van der Waals surface area contributed by atoms with Crippen LogP contribution in [0.4, 0.5) is 8.78 Å². The van der Waals surface area contributed by atoms with Gasteiger partial charge in [-0.05, 0) is 12.1 Å². The van der Waals surface area contributed by atoms with Gasteiger partial charge in [0.25, 0.3) is 0 Å². The van der Waals surface area contributed by atoms with Crippen LogP contribution < -0.4 is 0 Å². The molecular formula is C9H6F2N2O2. The van der Waals surface area contributed by atoms with Gasteiger partial charge in [0.05, 0.1) is 0 Å². The van der Waals surface area contributed by atoms with Gasteiger partial charge in [0.1, 0.15) is 5.65 Å². The Labute approximate surface area is 83.1 Å². The largest absolute Gasteiger partial charge is 0.398 e. The number of hydrogen-bond acceptors (Lipinski definition) is 3. The number of fused-ring (bicyclic) bond motifs is 1. The zero-order chi connectivity index (χ0) is 10.8. The molecule has 0 amide bonds. The Morgan fingerprint density at radius 1 is 1.47 bits per heavy atom. The van der Waals surface area contributed by atoms with Crippen LogP contribution in [-0.2, 0) is 4.74 Å². The van der Waals surface area contributed by atoms with Crippen LogP contribution in [0.1, 0.15) is 10.5 Å². The Hall–Kier alpha value is -1.98. The van der Waals surface area contributed by atoms with Gasteiger partial charge in [-0.3, -0.25) is 0 Å². The minimum absolute atomic E-state index is 0.137. The molecular weight excluding hydrogens is 206 g/mol. The Bertz CT molecular complexity index is 463. The smallest absolute Gasteiger partial charge is 0.389 e. The summed E-state index contributed by atoms with van der Waals surface area (Å²) in [6, 6.07) is 5.11. The van der Waals surface area contributed by atoms with E-state index in [2.05, 4.69) is 9.72 Å². The maximum atomic E-state index is 11.7. The maximum absolute atomic E-state index is 11.7. The topological polar surface area (TPSA) is 43.6 Å². The van der Waals surface area contributed by atoms with E-state index in [4.69, 9.17) is 0 Å². The molecule has 2 heterocycles. The molecule has 6 heteroatoms. The van der Waals surface area contributed by atoms with Gasteiger partial charge >= 0.3 is 12.6 Å². The van der Waals surface area contributed by atoms with Crippen LogP contribution in [0.5, 0.6) is 0 Å². The number of hydrogen-bond donors (Lipinski definition) is 0. The molecule has 0 bridgehead atoms. The van der Waals surface area contributed by atoms with Crippen LogP contribution in [-0.4, -0.2) is 22.0 Å². The minimum atomic E-state index is -3.12. The summed E-state index contributed by atoms with van der Waals surface area (Å²) in [5, 5.41) is 0. The minimum Gasteiger partial charge on any atom is -0.398 e. The molecule has 0 aromatic carbocycles. The van der Waals surface area contributed by atoms with Gasteiger partial charge in [0, 0.05) is 12.4 Å². The van der Waals surface area contributed by atoms with Crippen molar-refractivity contribution in [1.29, 1.82) is 0 Å². The van der Waals surface area contributed by atoms with Crippen molar-refractivity contribution in [2.75, 3.05) is 0 Å². The molecule has 0 saturated carbocycles. The number of rotatable bonds is 2. The number of carbonyl (C=O) groups excluding carboxylic acids is 1. The quantitative estimate of drug-likeness (QED) is 0.712. The molecule has 0 aliphatic rings. The molecule has 4 nitrogen and oxygen atoms in total. The third-order valence-corrected chi connectivity index (χ3v) is 1.77. The molecule has 0 unspecified atom stereocenters. The van der Waals surface area contributed by atoms with Crippen molar-refractivity contribution in [3.8, 4) is 0 Å². The number of aromatic nitrogens is 2. The lowest BCUT2D eigenvalue weighted by Gasteiger charge is -1.97. The third-order valence-electron chi connectivity index (χ3n) is 1.77. The standard InChI is InChI=1S/C9H6F2N2O2/c10-9(11)15-8(14)6-5-13-4-2-1-3-7(13)12-6/h1-5,9H. The van der Waals surface area contributed by atoms with E-state index in [1.165, 1.54) is 6.20 Å². The Kier molecular flexibility index (Phi) is 2.32. The highest BCUT2D eigenvalue weighted by Gasteiger charge is 2.16. The highest BCUT2D eigenvalue weighted by atomic mass is 19.3. The zero-order valence-corrected chi connectivity index (χ0v) is 7.43. The molecule has 0 fully saturated rings. The van der Waals surface area contributed by atoms with E-state index in [9.17, 15) is 13.6 Å². The number of alkyl halides is 2. The van der Waals surface area contributed by atoms with E-state index in [1.807, 2.05) is 0 Å². The first-order valence-electron chi connectivity index (χ1n) is 4.09. The van der Waals surface area contributed by atoms with E-state index < -0.39 is 12.6 Å². The molecule has 2 rings (SSSR count). The van der Waals surface area contributed by atoms with Gasteiger partial charge in [0.15, 0.2) is 5.69 Å². The van der Waals surface area contributed by atoms with Gasteiger partial charge in [0.2, 0.25) is 0 Å². The average molecular weight is 212 g/mol. The first kappa shape index (κ1) is 9.57. The number of carbonyl (C=O) groups is 1. The fourth-order valence-corrected chi connectivity index (χ4v) is 1.17. The summed E-state index contributed by atoms with van der Waals surface area (Å²) in [4.78, 5) is 14.9. The van der Waals surface area contributed by atoms with E-state index in [0.29, 0.717) is 5.65 Å². The van der Waals surface area contributed by atoms with Gasteiger partial charge in [-0.15, -0.1) is 0 Å². The van der Waals surface area contributed by atoms with Crippen molar-refractivity contribution in [3.63, 3.8) is 0 Å². The second-order valence-electron chi connectivity index (χ2n) is 2.76. The van der Waals surface area contributed by atoms with Crippen LogP contribution in [0.3, 0.4) is 0 Å². The first-order chi connectivity index (χ1) is 7.16. The Morgan fingerprint density at radius 3 is 2.93 bits per heavy atom. The van der Waals surface area contributed by atoms with Crippen LogP contribution >= 0.6 is 0 Å². The lowest BCUT2D eigenvalue weighted by Crippen LogP contribution is -2.09. The molecule has 15 heavy (non-hydrogen) atoms. The molecule has 0 aliphatic heterocycles. The van der Waals surface area contributed by atoms with Crippen molar-refractivity contribution < 1.29 is 18.3 Å². The van der Waals surface area contributed by atoms with E-state index in [0.717, 1.165) is 0 Å². The zero-order valence-electron chi connectivity index (χ0n) is 7.43. The summed E-state index contributed by atoms with van der Waals surface area (Å²) in [6.45, 7) is -3.12. The molecule has 0 aliphatic carbocycles. The van der Waals surface area contributed by atoms with Gasteiger partial charge in [-0.2, -0.15) is 8.78 Å². The highest BCUT2D eigenvalue weighted by Crippen LogP contribution is 2.07. The first-order valence-corrected chi connectivity index (χ1v) is 4.09. The summed E-state index contributed by atoms with van der Waals surface area (Å²) in [6.07, 6.45) is 2.99. The molecule has 0 radical (unpaired) electrons. The number of ether oxygens (including phenoxy) is 1. The van der Waals surface area contributed by atoms with Gasteiger partial charge in [-0.25, -0.2) is 9.78 Å². The van der Waals surface area contributed by atoms with Gasteiger partial charge in [-0.1, -0.05) is 6.07 Å². The van der Waals surface area contributed by atoms with E-state index >= 15 is 0 Å². The van der Waals surface area contributed by atoms with Gasteiger partial charge < -0.3 is 9.14 Å². The van der Waals surface area contributed by atoms with Crippen LogP contribution in [0.25, 0.3) is 5.65 Å². The second-order valence-corrected chi connectivity index (χ2v) is 2.76. The summed E-state index contributed by atoms with van der Waals surface area (Å²) in [7, 11) is 0. The summed E-state index contributed by atoms with van der Waals surface area (Å²) in [5.74, 6) is -1.13. The molecule has 78 valence electrons. The fraction of sp³-hybridized carbons (Fsp3) is 0.111. The van der Waals surface area contributed by atoms with Crippen LogP contribution in [0.2, 0.25) is 0 Å². The maximum Gasteiger partial charge on any atom is 0.389 e. The number of pyridine rings is 1. The lowest BCUT2D eigenvalue weighted by molar-refractivity contribution is -0.0909. The van der Waals surface area contributed by atoms with Crippen LogP contribution in [0, 0.1) is 0 Å². The van der Waals surface area contributed by atoms with Crippen molar-refractivity contribution in [1.82, 2.24) is 9.38 Å². The fourth-order valence-electron chi connectivity index (χ4n) is 1.17. The lowest BCUT2D eigenvalue weighted by atomic mass is 10.5. The van der Waals surface area contributed by atoms with Crippen molar-refractivity contribution >= 4 is 11.6 Å². The predicted molar refractivity (Wildman–Crippen MR) is 46.6 cm³/mol. The molecule has 2 aromatic heterocycles. The van der Waals surface area contributed by atoms with E-state index in [-0.39, 0.29) is 5.69 Å². The Morgan fingerprint density at radius 2 is 2.27 bits per heavy atom. The second kappa shape index (κ2) is 3.64. The summed E-state index contributed by atoms with van der Waals surface area (Å²) >= 11 is 0. The normalized spacial score (nSPS) is 10.9. The number of imidazole rings is 1. The molecule has 0 spiro atoms. The number of esters is 1. The summed E-state index contributed by atoms with van der Waals surface area (Å²) < 4.78 is 28.8. The van der Waals surface area contributed by atoms with Crippen molar-refractivity contribution in [3.05, 3.63) is 36.3 Å². The summed E-state index contributed by atoms with van der Waals surface area (Å²) in [5.41, 5.74) is 0.361. The SMILES string of the molecule is O=C(OC(F)F)c1cn2ccccc2n1. The van der Waals surface area contributed by atoms with Crippen LogP contribution in [0.15, 0.2) is 30.6 Å². The Balaban J connectivity index is 2.32. The van der Waals surface area contributed by atoms with E-state index in [1.54, 1.807) is 28.8 Å². The molecule has 2 aromatic rings. The monoisotopic (exact) mass is 212 g/mol. The third kappa shape index (κ3) is 1.93. The number of nitrogens with zero attached hydrogens (tertiary/aromatic N) is 2. The molecule has 0 saturated heterocycles. The van der Waals surface area contributed by atoms with Crippen molar-refractivity contribution in [2.45, 2.75) is 6.61 Å². The molecule has 0 N–H and O–H groups in total.